The summed E-state index contributed by atoms with van der Waals surface area (Å²) in [6, 6.07) is 8.28. The smallest absolute Gasteiger partial charge is 0.261 e. The molecule has 0 unspecified atom stereocenters. The van der Waals surface area contributed by atoms with Crippen molar-refractivity contribution in [1.82, 2.24) is 4.98 Å². The minimum atomic E-state index is -0.398. The first-order valence-electron chi connectivity index (χ1n) is 9.26. The fourth-order valence-electron chi connectivity index (χ4n) is 3.21. The molecule has 2 amide bonds. The summed E-state index contributed by atoms with van der Waals surface area (Å²) in [6.07, 6.45) is 4.39. The number of rotatable bonds is 5. The molecule has 2 fully saturated rings. The Bertz CT molecular complexity index is 931. The van der Waals surface area contributed by atoms with Crippen molar-refractivity contribution < 1.29 is 14.3 Å². The molecule has 146 valence electrons. The van der Waals surface area contributed by atoms with Gasteiger partial charge in [0.15, 0.2) is 0 Å². The van der Waals surface area contributed by atoms with Crippen LogP contribution in [-0.4, -0.2) is 29.4 Å². The molecule has 1 aliphatic heterocycles. The van der Waals surface area contributed by atoms with Crippen LogP contribution in [0.4, 0.5) is 11.4 Å². The third-order valence-electron chi connectivity index (χ3n) is 4.98. The average molecular weight is 420 g/mol. The molecule has 1 saturated carbocycles. The number of ether oxygens (including phenoxy) is 1. The molecule has 8 heteroatoms. The molecule has 0 bridgehead atoms. The normalized spacial score (nSPS) is 16.8. The van der Waals surface area contributed by atoms with Crippen LogP contribution < -0.4 is 15.0 Å². The van der Waals surface area contributed by atoms with E-state index in [0.29, 0.717) is 29.4 Å². The van der Waals surface area contributed by atoms with Crippen LogP contribution in [0, 0.1) is 0 Å². The predicted molar refractivity (Wildman–Crippen MR) is 109 cm³/mol. The number of pyridine rings is 1. The van der Waals surface area contributed by atoms with Gasteiger partial charge in [-0.3, -0.25) is 9.59 Å². The van der Waals surface area contributed by atoms with Gasteiger partial charge < -0.3 is 15.0 Å². The molecule has 2 aliphatic rings. The van der Waals surface area contributed by atoms with E-state index in [2.05, 4.69) is 10.3 Å². The molecule has 1 aromatic heterocycles. The molecular weight excluding hydrogens is 401 g/mol. The number of halogens is 2. The largest absolute Gasteiger partial charge is 0.474 e. The molecule has 0 atom stereocenters. The van der Waals surface area contributed by atoms with E-state index in [1.165, 1.54) is 0 Å². The van der Waals surface area contributed by atoms with E-state index in [-0.39, 0.29) is 28.6 Å². The monoisotopic (exact) mass is 419 g/mol. The van der Waals surface area contributed by atoms with Crippen LogP contribution in [0.15, 0.2) is 30.3 Å². The third-order valence-corrected chi connectivity index (χ3v) is 5.52. The Labute approximate surface area is 172 Å². The van der Waals surface area contributed by atoms with Crippen molar-refractivity contribution in [3.63, 3.8) is 0 Å². The summed E-state index contributed by atoms with van der Waals surface area (Å²) < 4.78 is 5.83. The van der Waals surface area contributed by atoms with Gasteiger partial charge in [-0.1, -0.05) is 23.2 Å². The first-order valence-corrected chi connectivity index (χ1v) is 10.0. The Morgan fingerprint density at radius 3 is 2.68 bits per heavy atom. The lowest BCUT2D eigenvalue weighted by Gasteiger charge is -2.26. The summed E-state index contributed by atoms with van der Waals surface area (Å²) in [4.78, 5) is 30.7. The Hall–Kier alpha value is -2.31. The highest BCUT2D eigenvalue weighted by molar-refractivity contribution is 6.34. The molecule has 2 heterocycles. The average Bonchev–Trinajstić information content (AvgIpc) is 3.06. The van der Waals surface area contributed by atoms with Gasteiger partial charge in [0.05, 0.1) is 10.7 Å². The highest BCUT2D eigenvalue weighted by Gasteiger charge is 2.25. The maximum Gasteiger partial charge on any atom is 0.261 e. The Morgan fingerprint density at radius 2 is 2.00 bits per heavy atom. The Balaban J connectivity index is 1.57. The van der Waals surface area contributed by atoms with Gasteiger partial charge >= 0.3 is 0 Å². The molecule has 2 aromatic rings. The van der Waals surface area contributed by atoms with Gasteiger partial charge in [-0.05, 0) is 56.0 Å². The summed E-state index contributed by atoms with van der Waals surface area (Å²) in [7, 11) is 0. The van der Waals surface area contributed by atoms with E-state index in [9.17, 15) is 9.59 Å². The fourth-order valence-corrected chi connectivity index (χ4v) is 3.52. The topological polar surface area (TPSA) is 71.5 Å². The van der Waals surface area contributed by atoms with Crippen LogP contribution in [0.2, 0.25) is 10.2 Å². The SMILES string of the molecule is O=C(Nc1cc(N2CCCC2=O)ccc1Cl)c1ccc(Cl)nc1OC1CCC1. The fraction of sp³-hybridized carbons (Fsp3) is 0.350. The molecule has 6 nitrogen and oxygen atoms in total. The zero-order valence-electron chi connectivity index (χ0n) is 15.1. The number of nitrogens with one attached hydrogen (secondary N) is 1. The molecule has 1 aromatic carbocycles. The van der Waals surface area contributed by atoms with Crippen molar-refractivity contribution in [2.75, 3.05) is 16.8 Å². The van der Waals surface area contributed by atoms with Crippen molar-refractivity contribution in [2.24, 2.45) is 0 Å². The van der Waals surface area contributed by atoms with Crippen LogP contribution >= 0.6 is 23.2 Å². The first-order chi connectivity index (χ1) is 13.5. The molecule has 1 N–H and O–H groups in total. The van der Waals surface area contributed by atoms with Crippen LogP contribution in [-0.2, 0) is 4.79 Å². The van der Waals surface area contributed by atoms with Gasteiger partial charge in [0.2, 0.25) is 11.8 Å². The van der Waals surface area contributed by atoms with E-state index in [4.69, 9.17) is 27.9 Å². The zero-order valence-corrected chi connectivity index (χ0v) is 16.6. The molecule has 0 spiro atoms. The Kier molecular flexibility index (Phi) is 5.42. The van der Waals surface area contributed by atoms with Gasteiger partial charge in [0.1, 0.15) is 16.8 Å². The minimum Gasteiger partial charge on any atom is -0.474 e. The van der Waals surface area contributed by atoms with E-state index in [0.717, 1.165) is 25.7 Å². The second-order valence-corrected chi connectivity index (χ2v) is 7.72. The van der Waals surface area contributed by atoms with Crippen molar-refractivity contribution in [1.29, 1.82) is 0 Å². The number of benzene rings is 1. The number of anilines is 2. The Morgan fingerprint density at radius 1 is 1.18 bits per heavy atom. The second-order valence-electron chi connectivity index (χ2n) is 6.92. The summed E-state index contributed by atoms with van der Waals surface area (Å²) in [6.45, 7) is 0.661. The van der Waals surface area contributed by atoms with Gasteiger partial charge in [0.25, 0.3) is 5.91 Å². The number of aromatic nitrogens is 1. The van der Waals surface area contributed by atoms with Crippen LogP contribution in [0.3, 0.4) is 0 Å². The second kappa shape index (κ2) is 7.97. The van der Waals surface area contributed by atoms with E-state index >= 15 is 0 Å². The number of hydrogen-bond acceptors (Lipinski definition) is 4. The highest BCUT2D eigenvalue weighted by Crippen LogP contribution is 2.32. The number of carbonyl (C=O) groups is 2. The maximum atomic E-state index is 12.9. The number of nitrogens with zero attached hydrogens (tertiary/aromatic N) is 2. The lowest BCUT2D eigenvalue weighted by Crippen LogP contribution is -2.26. The minimum absolute atomic E-state index is 0.0608. The van der Waals surface area contributed by atoms with Crippen molar-refractivity contribution in [2.45, 2.75) is 38.2 Å². The lowest BCUT2D eigenvalue weighted by molar-refractivity contribution is -0.117. The van der Waals surface area contributed by atoms with E-state index in [1.807, 2.05) is 0 Å². The molecule has 0 radical (unpaired) electrons. The zero-order chi connectivity index (χ0) is 19.7. The van der Waals surface area contributed by atoms with Crippen molar-refractivity contribution in [3.8, 4) is 5.88 Å². The summed E-state index contributed by atoms with van der Waals surface area (Å²) >= 11 is 12.2. The van der Waals surface area contributed by atoms with Crippen LogP contribution in [0.5, 0.6) is 5.88 Å². The van der Waals surface area contributed by atoms with E-state index in [1.54, 1.807) is 35.2 Å². The number of amides is 2. The predicted octanol–water partition coefficient (Wildman–Crippen LogP) is 4.70. The van der Waals surface area contributed by atoms with Crippen molar-refractivity contribution >= 4 is 46.4 Å². The third kappa shape index (κ3) is 3.93. The summed E-state index contributed by atoms with van der Waals surface area (Å²) in [5, 5.41) is 3.45. The first kappa shape index (κ1) is 19.0. The number of carbonyl (C=O) groups excluding carboxylic acids is 2. The molecule has 28 heavy (non-hydrogen) atoms. The van der Waals surface area contributed by atoms with Crippen LogP contribution in [0.1, 0.15) is 42.5 Å². The van der Waals surface area contributed by atoms with Gasteiger partial charge in [-0.2, -0.15) is 0 Å². The van der Waals surface area contributed by atoms with Gasteiger partial charge in [-0.25, -0.2) is 4.98 Å². The standard InChI is InChI=1S/C20H19Cl2N3O3/c21-15-8-6-12(25-10-2-5-18(25)26)11-16(15)23-19(27)14-7-9-17(22)24-20(14)28-13-3-1-4-13/h6-9,11,13H,1-5,10H2,(H,23,27). The summed E-state index contributed by atoms with van der Waals surface area (Å²) in [5.74, 6) is -0.111. The van der Waals surface area contributed by atoms with Gasteiger partial charge in [0, 0.05) is 18.7 Å². The lowest BCUT2D eigenvalue weighted by atomic mass is 9.96. The summed E-state index contributed by atoms with van der Waals surface area (Å²) in [5.41, 5.74) is 1.42. The van der Waals surface area contributed by atoms with Crippen LogP contribution in [0.25, 0.3) is 0 Å². The maximum absolute atomic E-state index is 12.9. The van der Waals surface area contributed by atoms with Crippen molar-refractivity contribution in [3.05, 3.63) is 46.1 Å². The number of hydrogen-bond donors (Lipinski definition) is 1. The molecular formula is C20H19Cl2N3O3. The van der Waals surface area contributed by atoms with E-state index < -0.39 is 5.91 Å². The van der Waals surface area contributed by atoms with Gasteiger partial charge in [-0.15, -0.1) is 0 Å². The molecule has 1 aliphatic carbocycles. The quantitative estimate of drug-likeness (QED) is 0.712. The molecule has 1 saturated heterocycles. The molecule has 4 rings (SSSR count). The highest BCUT2D eigenvalue weighted by atomic mass is 35.5.